The van der Waals surface area contributed by atoms with Gasteiger partial charge in [0.15, 0.2) is 0 Å². The van der Waals surface area contributed by atoms with Crippen LogP contribution in [-0.4, -0.2) is 18.2 Å². The average molecular weight is 379 g/mol. The molecule has 0 spiro atoms. The Morgan fingerprint density at radius 1 is 1.25 bits per heavy atom. The quantitative estimate of drug-likeness (QED) is 0.766. The van der Waals surface area contributed by atoms with E-state index in [0.717, 1.165) is 11.3 Å². The SMILES string of the molecule is C#CCN(Cc1ccc(F)c(C#N)c1)c1ccc(NC(=O)OC(C)(C)C)cc1. The van der Waals surface area contributed by atoms with Crippen molar-refractivity contribution in [3.63, 3.8) is 0 Å². The molecule has 5 nitrogen and oxygen atoms in total. The lowest BCUT2D eigenvalue weighted by molar-refractivity contribution is 0.0636. The molecule has 2 rings (SSSR count). The molecule has 0 aliphatic heterocycles. The second kappa shape index (κ2) is 8.92. The van der Waals surface area contributed by atoms with Crippen LogP contribution in [0.3, 0.4) is 0 Å². The molecule has 0 fully saturated rings. The number of anilines is 2. The number of ether oxygens (including phenoxy) is 1. The molecule has 2 aromatic carbocycles. The Hall–Kier alpha value is -3.51. The van der Waals surface area contributed by atoms with Gasteiger partial charge in [0.1, 0.15) is 17.5 Å². The number of nitriles is 1. The number of benzene rings is 2. The Balaban J connectivity index is 2.13. The Labute approximate surface area is 164 Å². The third kappa shape index (κ3) is 6.03. The van der Waals surface area contributed by atoms with Crippen molar-refractivity contribution in [3.05, 3.63) is 59.4 Å². The van der Waals surface area contributed by atoms with E-state index in [1.54, 1.807) is 39.0 Å². The second-order valence-electron chi connectivity index (χ2n) is 7.16. The van der Waals surface area contributed by atoms with Gasteiger partial charge in [-0.1, -0.05) is 12.0 Å². The summed E-state index contributed by atoms with van der Waals surface area (Å²) in [7, 11) is 0. The Morgan fingerprint density at radius 3 is 2.50 bits per heavy atom. The van der Waals surface area contributed by atoms with Gasteiger partial charge in [-0.05, 0) is 62.7 Å². The largest absolute Gasteiger partial charge is 0.444 e. The van der Waals surface area contributed by atoms with Gasteiger partial charge in [-0.25, -0.2) is 9.18 Å². The van der Waals surface area contributed by atoms with Gasteiger partial charge < -0.3 is 9.64 Å². The van der Waals surface area contributed by atoms with E-state index in [4.69, 9.17) is 16.4 Å². The van der Waals surface area contributed by atoms with Crippen LogP contribution in [0.5, 0.6) is 0 Å². The smallest absolute Gasteiger partial charge is 0.412 e. The molecule has 1 N–H and O–H groups in total. The zero-order chi connectivity index (χ0) is 20.7. The first-order valence-electron chi connectivity index (χ1n) is 8.69. The van der Waals surface area contributed by atoms with Crippen LogP contribution in [0.15, 0.2) is 42.5 Å². The van der Waals surface area contributed by atoms with E-state index >= 15 is 0 Å². The maximum Gasteiger partial charge on any atom is 0.412 e. The van der Waals surface area contributed by atoms with Crippen molar-refractivity contribution in [1.29, 1.82) is 5.26 Å². The zero-order valence-corrected chi connectivity index (χ0v) is 16.1. The normalized spacial score (nSPS) is 10.5. The van der Waals surface area contributed by atoms with Crippen LogP contribution >= 0.6 is 0 Å². The summed E-state index contributed by atoms with van der Waals surface area (Å²) in [5.41, 5.74) is 1.60. The highest BCUT2D eigenvalue weighted by molar-refractivity contribution is 5.85. The van der Waals surface area contributed by atoms with Crippen LogP contribution in [0.4, 0.5) is 20.6 Å². The maximum absolute atomic E-state index is 13.5. The molecule has 0 atom stereocenters. The molecular formula is C22H22FN3O2. The summed E-state index contributed by atoms with van der Waals surface area (Å²) in [6.45, 7) is 6.12. The van der Waals surface area contributed by atoms with E-state index in [0.29, 0.717) is 18.8 Å². The minimum absolute atomic E-state index is 0.00457. The Morgan fingerprint density at radius 2 is 1.93 bits per heavy atom. The highest BCUT2D eigenvalue weighted by Gasteiger charge is 2.16. The number of amides is 1. The molecule has 2 aromatic rings. The van der Waals surface area contributed by atoms with E-state index in [1.165, 1.54) is 12.1 Å². The van der Waals surface area contributed by atoms with E-state index in [9.17, 15) is 9.18 Å². The van der Waals surface area contributed by atoms with Crippen molar-refractivity contribution in [2.75, 3.05) is 16.8 Å². The van der Waals surface area contributed by atoms with E-state index in [1.807, 2.05) is 23.1 Å². The molecule has 0 saturated heterocycles. The highest BCUT2D eigenvalue weighted by Crippen LogP contribution is 2.21. The Bertz CT molecular complexity index is 919. The first-order valence-corrected chi connectivity index (χ1v) is 8.69. The summed E-state index contributed by atoms with van der Waals surface area (Å²) < 4.78 is 18.7. The van der Waals surface area contributed by atoms with Crippen LogP contribution in [0.25, 0.3) is 0 Å². The minimum atomic E-state index is -0.578. The van der Waals surface area contributed by atoms with Crippen LogP contribution in [0, 0.1) is 29.5 Å². The molecule has 0 aliphatic rings. The molecule has 0 bridgehead atoms. The van der Waals surface area contributed by atoms with Gasteiger partial charge in [0.05, 0.1) is 12.1 Å². The molecule has 6 heteroatoms. The van der Waals surface area contributed by atoms with Gasteiger partial charge in [-0.3, -0.25) is 5.32 Å². The summed E-state index contributed by atoms with van der Waals surface area (Å²) in [5, 5.41) is 11.7. The number of rotatable bonds is 5. The van der Waals surface area contributed by atoms with Crippen molar-refractivity contribution in [1.82, 2.24) is 0 Å². The van der Waals surface area contributed by atoms with Gasteiger partial charge in [0.25, 0.3) is 0 Å². The number of carbonyl (C=O) groups excluding carboxylic acids is 1. The molecule has 144 valence electrons. The predicted octanol–water partition coefficient (Wildman–Crippen LogP) is 4.68. The average Bonchev–Trinajstić information content (AvgIpc) is 2.62. The molecule has 0 saturated carbocycles. The number of terminal acetylenes is 1. The molecule has 0 aromatic heterocycles. The topological polar surface area (TPSA) is 65.4 Å². The summed E-state index contributed by atoms with van der Waals surface area (Å²) in [6, 6.07) is 13.4. The summed E-state index contributed by atoms with van der Waals surface area (Å²) >= 11 is 0. The van der Waals surface area contributed by atoms with Gasteiger partial charge in [-0.2, -0.15) is 5.26 Å². The molecule has 0 unspecified atom stereocenters. The first kappa shape index (κ1) is 20.8. The number of hydrogen-bond acceptors (Lipinski definition) is 4. The summed E-state index contributed by atoms with van der Waals surface area (Å²) in [6.07, 6.45) is 4.95. The molecule has 0 radical (unpaired) electrons. The summed E-state index contributed by atoms with van der Waals surface area (Å²) in [4.78, 5) is 13.8. The van der Waals surface area contributed by atoms with Gasteiger partial charge in [0, 0.05) is 17.9 Å². The molecule has 0 heterocycles. The maximum atomic E-state index is 13.5. The first-order chi connectivity index (χ1) is 13.2. The van der Waals surface area contributed by atoms with Crippen LogP contribution in [0.2, 0.25) is 0 Å². The van der Waals surface area contributed by atoms with Crippen molar-refractivity contribution < 1.29 is 13.9 Å². The fraction of sp³-hybridized carbons (Fsp3) is 0.273. The lowest BCUT2D eigenvalue weighted by Gasteiger charge is -2.23. The fourth-order valence-corrected chi connectivity index (χ4v) is 2.50. The number of nitrogens with zero attached hydrogens (tertiary/aromatic N) is 2. The third-order valence-corrected chi connectivity index (χ3v) is 3.68. The van der Waals surface area contributed by atoms with Crippen molar-refractivity contribution in [2.24, 2.45) is 0 Å². The molecule has 1 amide bonds. The molecule has 28 heavy (non-hydrogen) atoms. The van der Waals surface area contributed by atoms with Gasteiger partial charge in [0.2, 0.25) is 0 Å². The van der Waals surface area contributed by atoms with Crippen LogP contribution in [-0.2, 0) is 11.3 Å². The van der Waals surface area contributed by atoms with Crippen molar-refractivity contribution in [2.45, 2.75) is 32.9 Å². The number of halogens is 1. The predicted molar refractivity (Wildman–Crippen MR) is 107 cm³/mol. The van der Waals surface area contributed by atoms with Crippen molar-refractivity contribution >= 4 is 17.5 Å². The van der Waals surface area contributed by atoms with Gasteiger partial charge in [-0.15, -0.1) is 6.42 Å². The van der Waals surface area contributed by atoms with Gasteiger partial charge >= 0.3 is 6.09 Å². The Kier molecular flexibility index (Phi) is 6.63. The monoisotopic (exact) mass is 379 g/mol. The van der Waals surface area contributed by atoms with E-state index in [-0.39, 0.29) is 5.56 Å². The van der Waals surface area contributed by atoms with Crippen molar-refractivity contribution in [3.8, 4) is 18.4 Å². The van der Waals surface area contributed by atoms with E-state index in [2.05, 4.69) is 11.2 Å². The summed E-state index contributed by atoms with van der Waals surface area (Å²) in [5.74, 6) is 2.05. The van der Waals surface area contributed by atoms with Crippen LogP contribution < -0.4 is 10.2 Å². The standard InChI is InChI=1S/C22H22FN3O2/c1-5-12-26(15-16-6-11-20(23)17(13-16)14-24)19-9-7-18(8-10-19)25-21(27)28-22(2,3)4/h1,6-11,13H,12,15H2,2-4H3,(H,25,27). The van der Waals surface area contributed by atoms with Crippen LogP contribution in [0.1, 0.15) is 31.9 Å². The lowest BCUT2D eigenvalue weighted by Crippen LogP contribution is -2.27. The fourth-order valence-electron chi connectivity index (χ4n) is 2.50. The lowest BCUT2D eigenvalue weighted by atomic mass is 10.1. The van der Waals surface area contributed by atoms with E-state index < -0.39 is 17.5 Å². The highest BCUT2D eigenvalue weighted by atomic mass is 19.1. The minimum Gasteiger partial charge on any atom is -0.444 e. The number of carbonyl (C=O) groups is 1. The number of hydrogen-bond donors (Lipinski definition) is 1. The molecular weight excluding hydrogens is 357 g/mol. The number of nitrogens with one attached hydrogen (secondary N) is 1. The zero-order valence-electron chi connectivity index (χ0n) is 16.1. The second-order valence-corrected chi connectivity index (χ2v) is 7.16. The molecule has 0 aliphatic carbocycles. The third-order valence-electron chi connectivity index (χ3n) is 3.68.